The molecule has 92 valence electrons. The highest BCUT2D eigenvalue weighted by molar-refractivity contribution is 5.54. The van der Waals surface area contributed by atoms with Crippen molar-refractivity contribution in [2.45, 2.75) is 19.3 Å². The Balaban J connectivity index is 1.63. The Hall–Kier alpha value is -1.56. The topological polar surface area (TPSA) is 39.9 Å². The zero-order chi connectivity index (χ0) is 12.1. The van der Waals surface area contributed by atoms with Gasteiger partial charge in [0, 0.05) is 19.3 Å². The predicted molar refractivity (Wildman–Crippen MR) is 69.0 cm³/mol. The third-order valence-corrected chi connectivity index (χ3v) is 5.34. The number of pyridine rings is 1. The smallest absolute Gasteiger partial charge is 0.146 e. The summed E-state index contributed by atoms with van der Waals surface area (Å²) in [5.74, 6) is 4.57. The molecule has 0 spiro atoms. The minimum absolute atomic E-state index is 0.727. The van der Waals surface area contributed by atoms with Crippen molar-refractivity contribution in [2.75, 3.05) is 18.0 Å². The first-order valence-electron chi connectivity index (χ1n) is 6.97. The maximum atomic E-state index is 9.18. The third kappa shape index (κ3) is 1.32. The van der Waals surface area contributed by atoms with Crippen molar-refractivity contribution < 1.29 is 0 Å². The van der Waals surface area contributed by atoms with E-state index < -0.39 is 0 Å². The second-order valence-corrected chi connectivity index (χ2v) is 6.05. The van der Waals surface area contributed by atoms with E-state index in [0.29, 0.717) is 0 Å². The number of fused-ring (bicyclic) bond motifs is 5. The Morgan fingerprint density at radius 3 is 2.61 bits per heavy atom. The van der Waals surface area contributed by atoms with Gasteiger partial charge in [0.05, 0.1) is 5.56 Å². The van der Waals surface area contributed by atoms with E-state index in [1.165, 1.54) is 19.3 Å². The molecule has 3 aliphatic rings. The van der Waals surface area contributed by atoms with E-state index in [2.05, 4.69) is 16.0 Å². The largest absolute Gasteiger partial charge is 0.355 e. The van der Waals surface area contributed by atoms with Crippen molar-refractivity contribution in [3.63, 3.8) is 0 Å². The fraction of sp³-hybridized carbons (Fsp3) is 0.600. The lowest BCUT2D eigenvalue weighted by molar-refractivity contribution is 0.281. The van der Waals surface area contributed by atoms with E-state index in [-0.39, 0.29) is 0 Å². The standard InChI is InChI=1S/C15H17N3/c16-7-12-2-1-5-17-15(12)18-8-13-10-3-4-11(6-10)14(13)9-18/h1-2,5,10-11,13-14H,3-4,6,8-9H2/t10-,11+,13-,14+. The van der Waals surface area contributed by atoms with Crippen LogP contribution in [0.15, 0.2) is 18.3 Å². The quantitative estimate of drug-likeness (QED) is 0.755. The SMILES string of the molecule is N#Cc1cccnc1N1C[C@@H]2[C@@H]3CC[C@@H](C3)[C@@H]2C1. The van der Waals surface area contributed by atoms with Gasteiger partial charge in [-0.15, -0.1) is 0 Å². The van der Waals surface area contributed by atoms with E-state index in [4.69, 9.17) is 0 Å². The maximum Gasteiger partial charge on any atom is 0.146 e. The molecule has 1 aromatic heterocycles. The Bertz CT molecular complexity index is 501. The summed E-state index contributed by atoms with van der Waals surface area (Å²) in [4.78, 5) is 6.79. The predicted octanol–water partition coefficient (Wildman–Crippen LogP) is 2.44. The van der Waals surface area contributed by atoms with Gasteiger partial charge in [-0.25, -0.2) is 4.98 Å². The van der Waals surface area contributed by atoms with Crippen LogP contribution >= 0.6 is 0 Å². The molecule has 3 nitrogen and oxygen atoms in total. The number of hydrogen-bond acceptors (Lipinski definition) is 3. The van der Waals surface area contributed by atoms with Crippen LogP contribution in [-0.2, 0) is 0 Å². The van der Waals surface area contributed by atoms with Crippen LogP contribution in [0.1, 0.15) is 24.8 Å². The molecule has 1 aromatic rings. The van der Waals surface area contributed by atoms with Gasteiger partial charge in [0.15, 0.2) is 0 Å². The van der Waals surface area contributed by atoms with Crippen LogP contribution in [0.4, 0.5) is 5.82 Å². The van der Waals surface area contributed by atoms with E-state index in [0.717, 1.165) is 48.1 Å². The summed E-state index contributed by atoms with van der Waals surface area (Å²) < 4.78 is 0. The van der Waals surface area contributed by atoms with Gasteiger partial charge < -0.3 is 4.90 Å². The summed E-state index contributed by atoms with van der Waals surface area (Å²) in [6.07, 6.45) is 6.15. The van der Waals surface area contributed by atoms with Gasteiger partial charge in [-0.3, -0.25) is 0 Å². The van der Waals surface area contributed by atoms with Crippen molar-refractivity contribution in [2.24, 2.45) is 23.7 Å². The molecular formula is C15H17N3. The first-order chi connectivity index (χ1) is 8.86. The van der Waals surface area contributed by atoms with E-state index in [1.54, 1.807) is 6.20 Å². The van der Waals surface area contributed by atoms with E-state index in [1.807, 2.05) is 12.1 Å². The molecule has 2 heterocycles. The van der Waals surface area contributed by atoms with Gasteiger partial charge >= 0.3 is 0 Å². The van der Waals surface area contributed by atoms with Crippen LogP contribution in [-0.4, -0.2) is 18.1 Å². The molecule has 0 amide bonds. The maximum absolute atomic E-state index is 9.18. The molecular weight excluding hydrogens is 222 g/mol. The number of hydrogen-bond donors (Lipinski definition) is 0. The van der Waals surface area contributed by atoms with Crippen LogP contribution in [0.5, 0.6) is 0 Å². The van der Waals surface area contributed by atoms with Gasteiger partial charge in [0.1, 0.15) is 11.9 Å². The van der Waals surface area contributed by atoms with Crippen molar-refractivity contribution in [1.82, 2.24) is 4.98 Å². The van der Waals surface area contributed by atoms with Crippen LogP contribution in [0, 0.1) is 35.0 Å². The Morgan fingerprint density at radius 1 is 1.22 bits per heavy atom. The van der Waals surface area contributed by atoms with Gasteiger partial charge in [0.25, 0.3) is 0 Å². The molecule has 0 unspecified atom stereocenters. The summed E-state index contributed by atoms with van der Waals surface area (Å²) >= 11 is 0. The summed E-state index contributed by atoms with van der Waals surface area (Å²) in [5.41, 5.74) is 0.727. The molecule has 2 bridgehead atoms. The fourth-order valence-corrected chi connectivity index (χ4v) is 4.59. The molecule has 0 aromatic carbocycles. The fourth-order valence-electron chi connectivity index (χ4n) is 4.59. The monoisotopic (exact) mass is 239 g/mol. The van der Waals surface area contributed by atoms with E-state index in [9.17, 15) is 5.26 Å². The van der Waals surface area contributed by atoms with Gasteiger partial charge in [-0.05, 0) is 55.1 Å². The van der Waals surface area contributed by atoms with Gasteiger partial charge in [0.2, 0.25) is 0 Å². The van der Waals surface area contributed by atoms with E-state index >= 15 is 0 Å². The number of nitrogens with zero attached hydrogens (tertiary/aromatic N) is 3. The average molecular weight is 239 g/mol. The summed E-state index contributed by atoms with van der Waals surface area (Å²) in [7, 11) is 0. The van der Waals surface area contributed by atoms with Crippen molar-refractivity contribution in [1.29, 1.82) is 5.26 Å². The van der Waals surface area contributed by atoms with Crippen molar-refractivity contribution in [3.05, 3.63) is 23.9 Å². The second-order valence-electron chi connectivity index (χ2n) is 6.05. The molecule has 4 atom stereocenters. The average Bonchev–Trinajstić information content (AvgIpc) is 3.10. The number of rotatable bonds is 1. The molecule has 0 radical (unpaired) electrons. The zero-order valence-electron chi connectivity index (χ0n) is 10.4. The van der Waals surface area contributed by atoms with Crippen molar-refractivity contribution in [3.8, 4) is 6.07 Å². The minimum Gasteiger partial charge on any atom is -0.355 e. The lowest BCUT2D eigenvalue weighted by Gasteiger charge is -2.22. The first kappa shape index (κ1) is 10.4. The highest BCUT2D eigenvalue weighted by Gasteiger charge is 2.51. The Labute approximate surface area is 107 Å². The van der Waals surface area contributed by atoms with Crippen molar-refractivity contribution >= 4 is 5.82 Å². The highest BCUT2D eigenvalue weighted by Crippen LogP contribution is 2.55. The minimum atomic E-state index is 0.727. The van der Waals surface area contributed by atoms with Crippen LogP contribution in [0.3, 0.4) is 0 Å². The van der Waals surface area contributed by atoms with Gasteiger partial charge in [-0.1, -0.05) is 0 Å². The van der Waals surface area contributed by atoms with Crippen LogP contribution in [0.25, 0.3) is 0 Å². The lowest BCUT2D eigenvalue weighted by Crippen LogP contribution is -2.24. The highest BCUT2D eigenvalue weighted by atomic mass is 15.2. The Kier molecular flexibility index (Phi) is 2.14. The normalized spacial score (nSPS) is 36.7. The summed E-state index contributed by atoms with van der Waals surface area (Å²) in [6.45, 7) is 2.25. The summed E-state index contributed by atoms with van der Waals surface area (Å²) in [6, 6.07) is 6.00. The molecule has 1 aliphatic heterocycles. The molecule has 18 heavy (non-hydrogen) atoms. The number of nitriles is 1. The summed E-state index contributed by atoms with van der Waals surface area (Å²) in [5, 5.41) is 9.18. The number of anilines is 1. The third-order valence-electron chi connectivity index (χ3n) is 5.34. The molecule has 0 N–H and O–H groups in total. The first-order valence-corrected chi connectivity index (χ1v) is 6.97. The Morgan fingerprint density at radius 2 is 1.94 bits per heavy atom. The molecule has 3 heteroatoms. The molecule has 2 saturated carbocycles. The molecule has 2 aliphatic carbocycles. The molecule has 1 saturated heterocycles. The second kappa shape index (κ2) is 3.71. The molecule has 4 rings (SSSR count). The van der Waals surface area contributed by atoms with Crippen LogP contribution in [0.2, 0.25) is 0 Å². The lowest BCUT2D eigenvalue weighted by atomic mass is 9.82. The zero-order valence-corrected chi connectivity index (χ0v) is 10.4. The van der Waals surface area contributed by atoms with Crippen LogP contribution < -0.4 is 4.90 Å². The van der Waals surface area contributed by atoms with Gasteiger partial charge in [-0.2, -0.15) is 5.26 Å². The number of aromatic nitrogens is 1. The molecule has 3 fully saturated rings.